The maximum Gasteiger partial charge on any atom is 0.117 e. The Kier molecular flexibility index (Phi) is 7.17. The summed E-state index contributed by atoms with van der Waals surface area (Å²) < 4.78 is 0. The van der Waals surface area contributed by atoms with Crippen molar-refractivity contribution >= 4 is 17.8 Å². The highest BCUT2D eigenvalue weighted by Gasteiger charge is 2.09. The normalized spacial score (nSPS) is 16.1. The highest BCUT2D eigenvalue weighted by atomic mass is 14.9. The van der Waals surface area contributed by atoms with E-state index in [0.717, 1.165) is 6.42 Å². The van der Waals surface area contributed by atoms with Gasteiger partial charge in [-0.25, -0.2) is 4.99 Å². The minimum absolute atomic E-state index is 0.261. The van der Waals surface area contributed by atoms with E-state index in [4.69, 9.17) is 11.1 Å². The number of amidine groups is 1. The lowest BCUT2D eigenvalue weighted by Crippen LogP contribution is -2.11. The fraction of sp³-hybridized carbons (Fsp3) is 0.643. The highest BCUT2D eigenvalue weighted by Crippen LogP contribution is 2.14. The van der Waals surface area contributed by atoms with E-state index in [2.05, 4.69) is 30.8 Å². The molecule has 0 fully saturated rings. The predicted molar refractivity (Wildman–Crippen MR) is 80.5 cm³/mol. The number of nitrogens with one attached hydrogen (secondary N) is 1. The van der Waals surface area contributed by atoms with Crippen LogP contribution in [-0.4, -0.2) is 17.8 Å². The molecule has 1 unspecified atom stereocenters. The second-order valence-corrected chi connectivity index (χ2v) is 4.91. The Bertz CT molecular complexity index is 371. The van der Waals surface area contributed by atoms with Gasteiger partial charge < -0.3 is 5.73 Å². The monoisotopic (exact) mass is 250 g/mol. The van der Waals surface area contributed by atoms with Crippen LogP contribution < -0.4 is 5.73 Å². The number of aliphatic imine (C=N–C) groups is 2. The maximum atomic E-state index is 7.38. The molecule has 0 rings (SSSR count). The predicted octanol–water partition coefficient (Wildman–Crippen LogP) is 3.39. The number of hydrogen-bond acceptors (Lipinski definition) is 3. The minimum Gasteiger partial charge on any atom is -0.400 e. The summed E-state index contributed by atoms with van der Waals surface area (Å²) in [5, 5.41) is 7.38. The zero-order valence-corrected chi connectivity index (χ0v) is 12.4. The number of allylic oxidation sites excluding steroid dienone is 2. The van der Waals surface area contributed by atoms with Crippen LogP contribution in [0.4, 0.5) is 0 Å². The second-order valence-electron chi connectivity index (χ2n) is 4.91. The molecule has 0 saturated carbocycles. The van der Waals surface area contributed by atoms with Gasteiger partial charge in [-0.15, -0.1) is 0 Å². The van der Waals surface area contributed by atoms with Crippen molar-refractivity contribution in [3.8, 4) is 0 Å². The van der Waals surface area contributed by atoms with Crippen molar-refractivity contribution in [1.29, 1.82) is 5.41 Å². The smallest absolute Gasteiger partial charge is 0.117 e. The molecule has 0 aromatic rings. The third-order valence-corrected chi connectivity index (χ3v) is 2.77. The average molecular weight is 250 g/mol. The largest absolute Gasteiger partial charge is 0.400 e. The minimum atomic E-state index is 0.261. The Hall–Kier alpha value is -1.45. The third-order valence-electron chi connectivity index (χ3n) is 2.77. The van der Waals surface area contributed by atoms with Crippen LogP contribution in [0.2, 0.25) is 0 Å². The molecular weight excluding hydrogens is 224 g/mol. The summed E-state index contributed by atoms with van der Waals surface area (Å²) in [4.78, 5) is 8.57. The van der Waals surface area contributed by atoms with Crippen LogP contribution in [-0.2, 0) is 0 Å². The lowest BCUT2D eigenvalue weighted by Gasteiger charge is -2.13. The van der Waals surface area contributed by atoms with Crippen LogP contribution in [0.3, 0.4) is 0 Å². The SMILES string of the molecule is CCC(C=NC(C(C)=NC(C)=N)=C(C)N)C(C)C. The lowest BCUT2D eigenvalue weighted by atomic mass is 9.95. The van der Waals surface area contributed by atoms with Crippen molar-refractivity contribution in [3.63, 3.8) is 0 Å². The molecule has 1 atom stereocenters. The van der Waals surface area contributed by atoms with Crippen LogP contribution in [0.15, 0.2) is 21.4 Å². The van der Waals surface area contributed by atoms with Crippen LogP contribution in [0.5, 0.6) is 0 Å². The molecule has 0 heterocycles. The molecule has 0 aliphatic heterocycles. The van der Waals surface area contributed by atoms with Gasteiger partial charge in [0, 0.05) is 11.9 Å². The van der Waals surface area contributed by atoms with E-state index in [1.165, 1.54) is 0 Å². The van der Waals surface area contributed by atoms with Crippen LogP contribution in [0.1, 0.15) is 48.0 Å². The average Bonchev–Trinajstić information content (AvgIpc) is 2.21. The van der Waals surface area contributed by atoms with E-state index in [1.54, 1.807) is 13.8 Å². The van der Waals surface area contributed by atoms with Crippen LogP contribution in [0, 0.1) is 17.2 Å². The van der Waals surface area contributed by atoms with Crippen molar-refractivity contribution in [1.82, 2.24) is 0 Å². The Morgan fingerprint density at radius 1 is 1.28 bits per heavy atom. The van der Waals surface area contributed by atoms with Gasteiger partial charge in [-0.05, 0) is 39.0 Å². The van der Waals surface area contributed by atoms with E-state index in [1.807, 2.05) is 13.1 Å². The molecule has 0 aliphatic rings. The molecule has 0 spiro atoms. The quantitative estimate of drug-likeness (QED) is 0.569. The number of nitrogens with two attached hydrogens (primary N) is 1. The summed E-state index contributed by atoms with van der Waals surface area (Å²) >= 11 is 0. The second kappa shape index (κ2) is 7.80. The Morgan fingerprint density at radius 3 is 2.17 bits per heavy atom. The topological polar surface area (TPSA) is 74.6 Å². The standard InChI is InChI=1S/C14H26N4/c1-7-13(9(2)3)8-17-14(10(4)15)11(5)18-12(6)16/h8-9,13,16H,7,15H2,1-6H3. The molecule has 0 saturated heterocycles. The molecule has 0 radical (unpaired) electrons. The van der Waals surface area contributed by atoms with Crippen molar-refractivity contribution in [2.75, 3.05) is 0 Å². The molecule has 18 heavy (non-hydrogen) atoms. The first-order valence-corrected chi connectivity index (χ1v) is 6.40. The van der Waals surface area contributed by atoms with Gasteiger partial charge in [0.25, 0.3) is 0 Å². The summed E-state index contributed by atoms with van der Waals surface area (Å²) in [5.41, 5.74) is 7.84. The molecule has 4 heteroatoms. The molecular formula is C14H26N4. The van der Waals surface area contributed by atoms with Gasteiger partial charge in [-0.1, -0.05) is 20.8 Å². The molecule has 0 aromatic carbocycles. The summed E-state index contributed by atoms with van der Waals surface area (Å²) in [6.45, 7) is 11.8. The van der Waals surface area contributed by atoms with Gasteiger partial charge in [-0.2, -0.15) is 0 Å². The summed E-state index contributed by atoms with van der Waals surface area (Å²) in [7, 11) is 0. The first-order chi connectivity index (χ1) is 8.29. The van der Waals surface area contributed by atoms with E-state index in [-0.39, 0.29) is 5.84 Å². The number of nitrogens with zero attached hydrogens (tertiary/aromatic N) is 2. The number of rotatable bonds is 5. The van der Waals surface area contributed by atoms with Gasteiger partial charge in [0.1, 0.15) is 11.5 Å². The molecule has 0 amide bonds. The van der Waals surface area contributed by atoms with Crippen molar-refractivity contribution < 1.29 is 0 Å². The highest BCUT2D eigenvalue weighted by molar-refractivity contribution is 6.05. The van der Waals surface area contributed by atoms with Gasteiger partial charge in [0.2, 0.25) is 0 Å². The first-order valence-electron chi connectivity index (χ1n) is 6.40. The van der Waals surface area contributed by atoms with Crippen LogP contribution in [0.25, 0.3) is 0 Å². The van der Waals surface area contributed by atoms with E-state index in [0.29, 0.717) is 28.9 Å². The Labute approximate surface area is 111 Å². The summed E-state index contributed by atoms with van der Waals surface area (Å²) in [6, 6.07) is 0. The fourth-order valence-corrected chi connectivity index (χ4v) is 1.70. The molecule has 3 N–H and O–H groups in total. The van der Waals surface area contributed by atoms with E-state index < -0.39 is 0 Å². The fourth-order valence-electron chi connectivity index (χ4n) is 1.70. The molecule has 0 aromatic heterocycles. The zero-order chi connectivity index (χ0) is 14.3. The van der Waals surface area contributed by atoms with Crippen molar-refractivity contribution in [2.24, 2.45) is 27.6 Å². The van der Waals surface area contributed by atoms with Crippen molar-refractivity contribution in [2.45, 2.75) is 48.0 Å². The van der Waals surface area contributed by atoms with E-state index >= 15 is 0 Å². The van der Waals surface area contributed by atoms with Crippen molar-refractivity contribution in [3.05, 3.63) is 11.4 Å². The maximum absolute atomic E-state index is 7.38. The Balaban J connectivity index is 5.15. The van der Waals surface area contributed by atoms with E-state index in [9.17, 15) is 0 Å². The van der Waals surface area contributed by atoms with Gasteiger partial charge >= 0.3 is 0 Å². The van der Waals surface area contributed by atoms with Gasteiger partial charge in [-0.3, -0.25) is 10.4 Å². The molecule has 4 nitrogen and oxygen atoms in total. The first kappa shape index (κ1) is 16.6. The lowest BCUT2D eigenvalue weighted by molar-refractivity contribution is 0.489. The molecule has 0 bridgehead atoms. The number of hydrogen-bond donors (Lipinski definition) is 2. The summed E-state index contributed by atoms with van der Waals surface area (Å²) in [5.74, 6) is 1.25. The van der Waals surface area contributed by atoms with Crippen LogP contribution >= 0.6 is 0 Å². The summed E-state index contributed by atoms with van der Waals surface area (Å²) in [6.07, 6.45) is 3.01. The van der Waals surface area contributed by atoms with Gasteiger partial charge in [0.05, 0.1) is 5.71 Å². The zero-order valence-electron chi connectivity index (χ0n) is 12.4. The molecule has 102 valence electrons. The van der Waals surface area contributed by atoms with Gasteiger partial charge in [0.15, 0.2) is 0 Å². The Morgan fingerprint density at radius 2 is 1.83 bits per heavy atom. The third kappa shape index (κ3) is 5.75. The molecule has 0 aliphatic carbocycles.